The molecule has 1 aromatic heterocycles. The monoisotopic (exact) mass is 688 g/mol. The lowest BCUT2D eigenvalue weighted by Gasteiger charge is -2.34. The predicted molar refractivity (Wildman–Crippen MR) is 167 cm³/mol. The minimum absolute atomic E-state index is 0. The van der Waals surface area contributed by atoms with Crippen molar-refractivity contribution in [3.63, 3.8) is 0 Å². The molecule has 2 aromatic carbocycles. The van der Waals surface area contributed by atoms with E-state index in [0.29, 0.717) is 38.4 Å². The van der Waals surface area contributed by atoms with Gasteiger partial charge in [-0.2, -0.15) is 31.1 Å². The molecule has 0 saturated heterocycles. The Bertz CT molecular complexity index is 1500. The molecule has 1 N–H and O–H groups in total. The lowest BCUT2D eigenvalue weighted by molar-refractivity contribution is -0.144. The number of rotatable bonds is 11. The van der Waals surface area contributed by atoms with Crippen molar-refractivity contribution in [3.05, 3.63) is 63.7 Å². The number of aliphatic carboxylic acids is 1. The third kappa shape index (κ3) is 8.68. The van der Waals surface area contributed by atoms with E-state index in [1.54, 1.807) is 11.8 Å². The van der Waals surface area contributed by atoms with Gasteiger partial charge in [-0.25, -0.2) is 0 Å². The number of aromatic nitrogens is 4. The van der Waals surface area contributed by atoms with Gasteiger partial charge in [0.05, 0.1) is 23.6 Å². The summed E-state index contributed by atoms with van der Waals surface area (Å²) in [6.45, 7) is 5.38. The Morgan fingerprint density at radius 3 is 2.04 bits per heavy atom. The largest absolute Gasteiger partial charge is 0.481 e. The molecule has 0 unspecified atom stereocenters. The van der Waals surface area contributed by atoms with Gasteiger partial charge in [0.1, 0.15) is 0 Å². The van der Waals surface area contributed by atoms with Gasteiger partial charge in [0, 0.05) is 31.9 Å². The highest BCUT2D eigenvalue weighted by molar-refractivity contribution is 5.85. The smallest absolute Gasteiger partial charge is 0.416 e. The molecule has 0 bridgehead atoms. The van der Waals surface area contributed by atoms with Crippen LogP contribution >= 0.6 is 12.4 Å². The zero-order valence-electron chi connectivity index (χ0n) is 26.2. The van der Waals surface area contributed by atoms with E-state index < -0.39 is 29.4 Å². The van der Waals surface area contributed by atoms with E-state index >= 15 is 0 Å². The lowest BCUT2D eigenvalue weighted by atomic mass is 9.81. The molecule has 47 heavy (non-hydrogen) atoms. The van der Waals surface area contributed by atoms with E-state index in [-0.39, 0.29) is 49.0 Å². The van der Waals surface area contributed by atoms with Crippen molar-refractivity contribution < 1.29 is 36.2 Å². The van der Waals surface area contributed by atoms with Crippen molar-refractivity contribution >= 4 is 30.0 Å². The fraction of sp³-hybridized carbons (Fsp3) is 0.562. The second-order valence-corrected chi connectivity index (χ2v) is 12.2. The summed E-state index contributed by atoms with van der Waals surface area (Å²) in [4.78, 5) is 16.6. The van der Waals surface area contributed by atoms with Crippen LogP contribution in [0.4, 0.5) is 38.0 Å². The molecular formula is C32H39ClF6N6O2. The second kappa shape index (κ2) is 14.7. The fourth-order valence-corrected chi connectivity index (χ4v) is 6.61. The number of carbonyl (C=O) groups is 1. The molecule has 5 rings (SSSR count). The van der Waals surface area contributed by atoms with Crippen LogP contribution in [0, 0.1) is 11.8 Å². The van der Waals surface area contributed by atoms with E-state index in [1.165, 1.54) is 15.9 Å². The number of fused-ring (bicyclic) bond motifs is 1. The molecule has 1 heterocycles. The number of alkyl halides is 6. The molecule has 0 atom stereocenters. The Morgan fingerprint density at radius 2 is 1.51 bits per heavy atom. The third-order valence-corrected chi connectivity index (χ3v) is 9.08. The van der Waals surface area contributed by atoms with Gasteiger partial charge in [0.15, 0.2) is 0 Å². The van der Waals surface area contributed by atoms with Gasteiger partial charge in [0.2, 0.25) is 0 Å². The Morgan fingerprint density at radius 1 is 0.894 bits per heavy atom. The van der Waals surface area contributed by atoms with Crippen LogP contribution in [-0.2, 0) is 49.6 Å². The molecule has 15 heteroatoms. The molecule has 3 aromatic rings. The van der Waals surface area contributed by atoms with Crippen LogP contribution in [0.15, 0.2) is 30.3 Å². The van der Waals surface area contributed by atoms with Gasteiger partial charge in [-0.15, -0.1) is 17.5 Å². The second-order valence-electron chi connectivity index (χ2n) is 12.2. The summed E-state index contributed by atoms with van der Waals surface area (Å²) in [5, 5.41) is 21.9. The van der Waals surface area contributed by atoms with Crippen LogP contribution in [-0.4, -0.2) is 44.4 Å². The van der Waals surface area contributed by atoms with Crippen LogP contribution in [0.5, 0.6) is 0 Å². The number of benzene rings is 2. The number of anilines is 2. The quantitative estimate of drug-likeness (QED) is 0.208. The van der Waals surface area contributed by atoms with Crippen LogP contribution in [0.2, 0.25) is 0 Å². The maximum atomic E-state index is 13.7. The molecule has 0 radical (unpaired) electrons. The number of tetrazole rings is 1. The van der Waals surface area contributed by atoms with Crippen LogP contribution < -0.4 is 9.80 Å². The minimum Gasteiger partial charge on any atom is -0.481 e. The van der Waals surface area contributed by atoms with Gasteiger partial charge < -0.3 is 14.9 Å². The summed E-state index contributed by atoms with van der Waals surface area (Å²) < 4.78 is 82.2. The van der Waals surface area contributed by atoms with Gasteiger partial charge in [-0.1, -0.05) is 11.2 Å². The first-order chi connectivity index (χ1) is 21.7. The van der Waals surface area contributed by atoms with Crippen molar-refractivity contribution in [2.75, 3.05) is 22.9 Å². The molecule has 1 saturated carbocycles. The van der Waals surface area contributed by atoms with Gasteiger partial charge >= 0.3 is 18.3 Å². The minimum atomic E-state index is -4.97. The predicted octanol–water partition coefficient (Wildman–Crippen LogP) is 7.57. The number of aryl methyl sites for hydroxylation is 3. The highest BCUT2D eigenvalue weighted by Gasteiger charge is 2.37. The zero-order chi connectivity index (χ0) is 33.2. The van der Waals surface area contributed by atoms with Crippen molar-refractivity contribution in [1.82, 2.24) is 20.2 Å². The zero-order valence-corrected chi connectivity index (χ0v) is 27.1. The maximum Gasteiger partial charge on any atom is 0.416 e. The number of halogens is 7. The van der Waals surface area contributed by atoms with Gasteiger partial charge in [-0.3, -0.25) is 4.79 Å². The molecule has 2 aliphatic rings. The van der Waals surface area contributed by atoms with Crippen molar-refractivity contribution in [2.45, 2.75) is 90.8 Å². The summed E-state index contributed by atoms with van der Waals surface area (Å²) in [5.41, 5.74) is 1.25. The molecule has 2 aliphatic carbocycles. The fourth-order valence-electron chi connectivity index (χ4n) is 6.61. The van der Waals surface area contributed by atoms with Gasteiger partial charge in [0.25, 0.3) is 5.95 Å². The first-order valence-electron chi connectivity index (χ1n) is 15.7. The normalized spacial score (nSPS) is 18.0. The van der Waals surface area contributed by atoms with E-state index in [1.807, 2.05) is 6.92 Å². The molecular weight excluding hydrogens is 650 g/mol. The summed E-state index contributed by atoms with van der Waals surface area (Å²) in [5.74, 6) is -0.698. The Hall–Kier alpha value is -3.55. The maximum absolute atomic E-state index is 13.7. The van der Waals surface area contributed by atoms with Crippen molar-refractivity contribution in [2.24, 2.45) is 11.8 Å². The Balaban J connectivity index is 0.00000500. The number of nitrogens with zero attached hydrogens (tertiary/aromatic N) is 6. The van der Waals surface area contributed by atoms with E-state index in [2.05, 4.69) is 32.4 Å². The average molecular weight is 689 g/mol. The molecule has 258 valence electrons. The number of carboxylic acid groups (broad SMARTS) is 1. The molecule has 0 spiro atoms. The number of hydrogen-bond donors (Lipinski definition) is 1. The average Bonchev–Trinajstić information content (AvgIpc) is 3.68. The van der Waals surface area contributed by atoms with Crippen molar-refractivity contribution in [3.8, 4) is 0 Å². The highest BCUT2D eigenvalue weighted by atomic mass is 35.5. The summed E-state index contributed by atoms with van der Waals surface area (Å²) in [6, 6.07) is 5.85. The van der Waals surface area contributed by atoms with E-state index in [9.17, 15) is 36.2 Å². The van der Waals surface area contributed by atoms with E-state index in [4.69, 9.17) is 0 Å². The number of carboxylic acids is 1. The summed E-state index contributed by atoms with van der Waals surface area (Å²) >= 11 is 0. The van der Waals surface area contributed by atoms with Crippen molar-refractivity contribution in [1.29, 1.82) is 0 Å². The van der Waals surface area contributed by atoms with Crippen LogP contribution in [0.1, 0.15) is 79.3 Å². The molecule has 1 fully saturated rings. The summed E-state index contributed by atoms with van der Waals surface area (Å²) in [7, 11) is 0. The molecule has 0 aliphatic heterocycles. The van der Waals surface area contributed by atoms with Crippen LogP contribution in [0.3, 0.4) is 0 Å². The van der Waals surface area contributed by atoms with Crippen LogP contribution in [0.25, 0.3) is 0 Å². The lowest BCUT2D eigenvalue weighted by Crippen LogP contribution is -2.34. The topological polar surface area (TPSA) is 87.4 Å². The molecule has 8 nitrogen and oxygen atoms in total. The summed E-state index contributed by atoms with van der Waals surface area (Å²) in [6.07, 6.45) is -4.32. The Kier molecular flexibility index (Phi) is 11.3. The number of hydrogen-bond acceptors (Lipinski definition) is 6. The Labute approximate surface area is 275 Å². The highest BCUT2D eigenvalue weighted by Crippen LogP contribution is 2.38. The first kappa shape index (κ1) is 36.3. The molecule has 0 amide bonds. The van der Waals surface area contributed by atoms with E-state index in [0.717, 1.165) is 55.5 Å². The standard InChI is InChI=1S/C32H38F6N6O2.ClH/c1-3-42(17-20-8-10-22(11-9-20)29(45)46)28-15-24-7-5-6-23(24)14-25(28)19-43(30-39-41-44(4-2)40-30)18-21-12-26(31(33,34)35)16-27(13-21)32(36,37)38;/h12-16,20,22H,3-11,17-19H2,1-2H3,(H,45,46);1H/t20-,22-;. The van der Waals surface area contributed by atoms with Gasteiger partial charge in [-0.05, 0) is 116 Å². The third-order valence-electron chi connectivity index (χ3n) is 9.08. The SMILES string of the molecule is CCN(C[C@H]1CC[C@H](C(=O)O)CC1)c1cc2c(cc1CN(Cc1cc(C(F)(F)F)cc(C(F)(F)F)c1)c1nnn(CC)n1)CCC2.Cl. The first-order valence-corrected chi connectivity index (χ1v) is 15.7.